The summed E-state index contributed by atoms with van der Waals surface area (Å²) >= 11 is 0. The number of aromatic nitrogens is 2. The number of imidazole rings is 1. The average molecular weight is 363 g/mol. The lowest BCUT2D eigenvalue weighted by atomic mass is 10.1. The summed E-state index contributed by atoms with van der Waals surface area (Å²) in [5, 5.41) is 0. The Morgan fingerprint density at radius 1 is 1.07 bits per heavy atom. The highest BCUT2D eigenvalue weighted by atomic mass is 16.5. The fourth-order valence-corrected chi connectivity index (χ4v) is 3.57. The molecule has 1 saturated heterocycles. The molecule has 0 saturated carbocycles. The Labute approximate surface area is 159 Å². The summed E-state index contributed by atoms with van der Waals surface area (Å²) in [6, 6.07) is 14.6. The molecule has 0 bridgehead atoms. The summed E-state index contributed by atoms with van der Waals surface area (Å²) in [6.45, 7) is 7.09. The molecule has 1 aromatic heterocycles. The molecule has 0 aliphatic carbocycles. The Balaban J connectivity index is 1.72. The first-order valence-electron chi connectivity index (χ1n) is 9.47. The molecule has 5 nitrogen and oxygen atoms in total. The molecule has 1 aliphatic rings. The van der Waals surface area contributed by atoms with Gasteiger partial charge in [0.15, 0.2) is 0 Å². The molecule has 3 aromatic rings. The van der Waals surface area contributed by atoms with Crippen molar-refractivity contribution in [2.24, 2.45) is 0 Å². The molecule has 0 unspecified atom stereocenters. The van der Waals surface area contributed by atoms with Crippen molar-refractivity contribution in [2.45, 2.75) is 26.8 Å². The van der Waals surface area contributed by atoms with Crippen LogP contribution in [0.4, 0.5) is 0 Å². The van der Waals surface area contributed by atoms with Gasteiger partial charge in [0.05, 0.1) is 24.2 Å². The van der Waals surface area contributed by atoms with Gasteiger partial charge in [0.2, 0.25) is 5.91 Å². The summed E-state index contributed by atoms with van der Waals surface area (Å²) in [5.74, 6) is 1.06. The van der Waals surface area contributed by atoms with Gasteiger partial charge in [-0.2, -0.15) is 0 Å². The smallest absolute Gasteiger partial charge is 0.242 e. The van der Waals surface area contributed by atoms with Gasteiger partial charge in [0, 0.05) is 19.5 Å². The van der Waals surface area contributed by atoms with Crippen LogP contribution < -0.4 is 0 Å². The first kappa shape index (κ1) is 17.7. The molecule has 1 amide bonds. The summed E-state index contributed by atoms with van der Waals surface area (Å²) in [6.07, 6.45) is 0.712. The highest BCUT2D eigenvalue weighted by Crippen LogP contribution is 2.23. The van der Waals surface area contributed by atoms with Crippen molar-refractivity contribution >= 4 is 16.9 Å². The summed E-state index contributed by atoms with van der Waals surface area (Å²) in [7, 11) is 0. The molecule has 0 N–H and O–H groups in total. The van der Waals surface area contributed by atoms with E-state index in [9.17, 15) is 4.79 Å². The molecule has 0 spiro atoms. The molecule has 1 aliphatic heterocycles. The van der Waals surface area contributed by atoms with Crippen molar-refractivity contribution in [3.63, 3.8) is 0 Å². The van der Waals surface area contributed by atoms with Crippen LogP contribution in [0.25, 0.3) is 11.0 Å². The van der Waals surface area contributed by atoms with Gasteiger partial charge in [-0.05, 0) is 42.7 Å². The zero-order valence-corrected chi connectivity index (χ0v) is 15.9. The van der Waals surface area contributed by atoms with Gasteiger partial charge in [-0.3, -0.25) is 4.79 Å². The van der Waals surface area contributed by atoms with Crippen molar-refractivity contribution in [3.05, 3.63) is 65.0 Å². The lowest BCUT2D eigenvalue weighted by Gasteiger charge is -2.27. The zero-order valence-electron chi connectivity index (χ0n) is 15.9. The van der Waals surface area contributed by atoms with E-state index in [1.54, 1.807) is 0 Å². The average Bonchev–Trinajstić information content (AvgIpc) is 3.00. The first-order valence-corrected chi connectivity index (χ1v) is 9.47. The normalized spacial score (nSPS) is 14.7. The van der Waals surface area contributed by atoms with Gasteiger partial charge in [-0.15, -0.1) is 0 Å². The second-order valence-electron chi connectivity index (χ2n) is 7.19. The third kappa shape index (κ3) is 3.74. The van der Waals surface area contributed by atoms with Gasteiger partial charge in [-0.1, -0.05) is 30.3 Å². The first-order chi connectivity index (χ1) is 13.1. The molecule has 2 aromatic carbocycles. The largest absolute Gasteiger partial charge is 0.378 e. The van der Waals surface area contributed by atoms with E-state index >= 15 is 0 Å². The Kier molecular flexibility index (Phi) is 4.94. The Bertz CT molecular complexity index is 957. The third-order valence-electron chi connectivity index (χ3n) is 5.30. The monoisotopic (exact) mass is 363 g/mol. The van der Waals surface area contributed by atoms with Crippen LogP contribution in [0.2, 0.25) is 0 Å². The maximum Gasteiger partial charge on any atom is 0.242 e. The van der Waals surface area contributed by atoms with E-state index in [4.69, 9.17) is 9.72 Å². The third-order valence-corrected chi connectivity index (χ3v) is 5.30. The number of rotatable bonds is 4. The molecular weight excluding hydrogens is 338 g/mol. The minimum Gasteiger partial charge on any atom is -0.378 e. The van der Waals surface area contributed by atoms with E-state index in [-0.39, 0.29) is 5.91 Å². The van der Waals surface area contributed by atoms with Crippen LogP contribution in [0.1, 0.15) is 22.5 Å². The van der Waals surface area contributed by atoms with Crippen molar-refractivity contribution in [3.8, 4) is 0 Å². The molecule has 2 heterocycles. The van der Waals surface area contributed by atoms with Gasteiger partial charge in [-0.25, -0.2) is 4.98 Å². The van der Waals surface area contributed by atoms with Gasteiger partial charge in [0.25, 0.3) is 0 Å². The standard InChI is InChI=1S/C22H25N3O2/c1-16-12-19-20(13-17(16)2)25(15-22(26)24-8-10-27-11-9-24)21(23-19)14-18-6-4-3-5-7-18/h3-7,12-13H,8-11,14-15H2,1-2H3. The molecule has 27 heavy (non-hydrogen) atoms. The number of ether oxygens (including phenoxy) is 1. The van der Waals surface area contributed by atoms with E-state index in [0.29, 0.717) is 39.3 Å². The number of morpholine rings is 1. The van der Waals surface area contributed by atoms with Crippen molar-refractivity contribution in [1.82, 2.24) is 14.5 Å². The zero-order chi connectivity index (χ0) is 18.8. The number of nitrogens with zero attached hydrogens (tertiary/aromatic N) is 3. The van der Waals surface area contributed by atoms with Gasteiger partial charge >= 0.3 is 0 Å². The van der Waals surface area contributed by atoms with E-state index in [0.717, 1.165) is 16.9 Å². The lowest BCUT2D eigenvalue weighted by Crippen LogP contribution is -2.42. The Hall–Kier alpha value is -2.66. The highest BCUT2D eigenvalue weighted by molar-refractivity contribution is 5.82. The molecular formula is C22H25N3O2. The van der Waals surface area contributed by atoms with Crippen LogP contribution in [0.5, 0.6) is 0 Å². The molecule has 140 valence electrons. The number of carbonyl (C=O) groups excluding carboxylic acids is 1. The Morgan fingerprint density at radius 2 is 1.78 bits per heavy atom. The number of aryl methyl sites for hydroxylation is 2. The summed E-state index contributed by atoms with van der Waals surface area (Å²) < 4.78 is 7.46. The van der Waals surface area contributed by atoms with Crippen molar-refractivity contribution in [1.29, 1.82) is 0 Å². The lowest BCUT2D eigenvalue weighted by molar-refractivity contribution is -0.135. The van der Waals surface area contributed by atoms with E-state index in [1.807, 2.05) is 23.1 Å². The summed E-state index contributed by atoms with van der Waals surface area (Å²) in [4.78, 5) is 19.7. The predicted octanol–water partition coefficient (Wildman–Crippen LogP) is 3.10. The second-order valence-corrected chi connectivity index (χ2v) is 7.19. The van der Waals surface area contributed by atoms with Crippen LogP contribution in [0.15, 0.2) is 42.5 Å². The Morgan fingerprint density at radius 3 is 2.52 bits per heavy atom. The minimum absolute atomic E-state index is 0.130. The molecule has 4 rings (SSSR count). The van der Waals surface area contributed by atoms with E-state index < -0.39 is 0 Å². The fourth-order valence-electron chi connectivity index (χ4n) is 3.57. The summed E-state index contributed by atoms with van der Waals surface area (Å²) in [5.41, 5.74) is 5.62. The molecule has 0 atom stereocenters. The van der Waals surface area contributed by atoms with Crippen molar-refractivity contribution in [2.75, 3.05) is 26.3 Å². The van der Waals surface area contributed by atoms with Crippen LogP contribution in [0, 0.1) is 13.8 Å². The molecule has 0 radical (unpaired) electrons. The van der Waals surface area contributed by atoms with E-state index in [2.05, 4.69) is 42.7 Å². The number of benzene rings is 2. The number of hydrogen-bond acceptors (Lipinski definition) is 3. The maximum absolute atomic E-state index is 12.9. The highest BCUT2D eigenvalue weighted by Gasteiger charge is 2.20. The van der Waals surface area contributed by atoms with Crippen LogP contribution in [-0.4, -0.2) is 46.7 Å². The fraction of sp³-hybridized carbons (Fsp3) is 0.364. The quantitative estimate of drug-likeness (QED) is 0.716. The number of hydrogen-bond donors (Lipinski definition) is 0. The van der Waals surface area contributed by atoms with Crippen molar-refractivity contribution < 1.29 is 9.53 Å². The number of fused-ring (bicyclic) bond motifs is 1. The molecule has 5 heteroatoms. The number of carbonyl (C=O) groups is 1. The van der Waals surface area contributed by atoms with Crippen LogP contribution in [-0.2, 0) is 22.5 Å². The van der Waals surface area contributed by atoms with Crippen LogP contribution >= 0.6 is 0 Å². The SMILES string of the molecule is Cc1cc2nc(Cc3ccccc3)n(CC(=O)N3CCOCC3)c2cc1C. The van der Waals surface area contributed by atoms with Crippen LogP contribution in [0.3, 0.4) is 0 Å². The van der Waals surface area contributed by atoms with Gasteiger partial charge < -0.3 is 14.2 Å². The van der Waals surface area contributed by atoms with E-state index in [1.165, 1.54) is 16.7 Å². The molecule has 1 fully saturated rings. The maximum atomic E-state index is 12.9. The second kappa shape index (κ2) is 7.53. The number of amides is 1. The predicted molar refractivity (Wildman–Crippen MR) is 106 cm³/mol. The minimum atomic E-state index is 0.130. The topological polar surface area (TPSA) is 47.4 Å². The van der Waals surface area contributed by atoms with Gasteiger partial charge in [0.1, 0.15) is 12.4 Å².